The molecule has 0 aliphatic heterocycles. The highest BCUT2D eigenvalue weighted by Crippen LogP contribution is 2.18. The molecule has 1 atom stereocenters. The number of hydrogen-bond donors (Lipinski definition) is 1. The van der Waals surface area contributed by atoms with E-state index in [-0.39, 0.29) is 11.7 Å². The smallest absolute Gasteiger partial charge is 0.261 e. The number of nitrogens with one attached hydrogen (secondary N) is 1. The Bertz CT molecular complexity index is 393. The van der Waals surface area contributed by atoms with Gasteiger partial charge in [-0.15, -0.1) is 0 Å². The van der Waals surface area contributed by atoms with Gasteiger partial charge in [0.25, 0.3) is 5.91 Å². The zero-order chi connectivity index (χ0) is 13.5. The number of carbonyl (C=O) groups is 1. The molecule has 0 saturated heterocycles. The van der Waals surface area contributed by atoms with E-state index in [0.29, 0.717) is 18.9 Å². The fraction of sp³-hybridized carbons (Fsp3) is 0.500. The number of ether oxygens (including phenoxy) is 1. The van der Waals surface area contributed by atoms with Crippen LogP contribution in [0.15, 0.2) is 24.3 Å². The van der Waals surface area contributed by atoms with Crippen molar-refractivity contribution in [1.29, 1.82) is 0 Å². The van der Waals surface area contributed by atoms with Gasteiger partial charge in [0, 0.05) is 6.54 Å². The van der Waals surface area contributed by atoms with E-state index in [2.05, 4.69) is 5.32 Å². The van der Waals surface area contributed by atoms with Gasteiger partial charge in [-0.1, -0.05) is 32.9 Å². The van der Waals surface area contributed by atoms with Crippen molar-refractivity contribution in [3.63, 3.8) is 0 Å². The molecule has 0 aliphatic rings. The van der Waals surface area contributed by atoms with Gasteiger partial charge in [0.1, 0.15) is 0 Å². The minimum absolute atomic E-state index is 0.115. The van der Waals surface area contributed by atoms with Crippen LogP contribution >= 0.6 is 0 Å². The average Bonchev–Trinajstić information content (AvgIpc) is 2.35. The topological polar surface area (TPSA) is 38.3 Å². The largest absolute Gasteiger partial charge is 0.478 e. The van der Waals surface area contributed by atoms with Crippen LogP contribution in [0, 0.1) is 11.7 Å². The first-order valence-electron chi connectivity index (χ1n) is 6.23. The van der Waals surface area contributed by atoms with E-state index in [4.69, 9.17) is 4.74 Å². The molecule has 0 saturated carbocycles. The van der Waals surface area contributed by atoms with Gasteiger partial charge in [0.15, 0.2) is 17.7 Å². The lowest BCUT2D eigenvalue weighted by atomic mass is 10.2. The first-order valence-corrected chi connectivity index (χ1v) is 6.23. The number of hydrogen-bond acceptors (Lipinski definition) is 2. The minimum Gasteiger partial charge on any atom is -0.478 e. The molecule has 0 unspecified atom stereocenters. The number of para-hydroxylation sites is 1. The Kier molecular flexibility index (Phi) is 5.62. The number of benzene rings is 1. The lowest BCUT2D eigenvalue weighted by Crippen LogP contribution is -2.39. The van der Waals surface area contributed by atoms with Crippen LogP contribution in [-0.4, -0.2) is 18.6 Å². The van der Waals surface area contributed by atoms with Gasteiger partial charge in [0.05, 0.1) is 0 Å². The second kappa shape index (κ2) is 6.99. The van der Waals surface area contributed by atoms with Crippen LogP contribution in [0.5, 0.6) is 5.75 Å². The molecule has 0 heterocycles. The van der Waals surface area contributed by atoms with Crippen LogP contribution < -0.4 is 10.1 Å². The van der Waals surface area contributed by atoms with E-state index < -0.39 is 11.9 Å². The summed E-state index contributed by atoms with van der Waals surface area (Å²) >= 11 is 0. The molecule has 18 heavy (non-hydrogen) atoms. The van der Waals surface area contributed by atoms with Crippen LogP contribution in [-0.2, 0) is 4.79 Å². The lowest BCUT2D eigenvalue weighted by molar-refractivity contribution is -0.128. The van der Waals surface area contributed by atoms with Gasteiger partial charge in [-0.05, 0) is 24.5 Å². The average molecular weight is 253 g/mol. The zero-order valence-electron chi connectivity index (χ0n) is 11.1. The van der Waals surface area contributed by atoms with Crippen molar-refractivity contribution in [1.82, 2.24) is 5.32 Å². The number of halogens is 1. The van der Waals surface area contributed by atoms with Gasteiger partial charge in [-0.25, -0.2) is 4.39 Å². The van der Waals surface area contributed by atoms with Crippen LogP contribution in [0.25, 0.3) is 0 Å². The summed E-state index contributed by atoms with van der Waals surface area (Å²) in [6.45, 7) is 6.45. The molecule has 0 spiro atoms. The summed E-state index contributed by atoms with van der Waals surface area (Å²) in [6, 6.07) is 6.10. The zero-order valence-corrected chi connectivity index (χ0v) is 11.1. The Morgan fingerprint density at radius 3 is 2.61 bits per heavy atom. The molecule has 1 aromatic rings. The fourth-order valence-corrected chi connectivity index (χ4v) is 1.43. The molecule has 0 radical (unpaired) electrons. The molecule has 3 nitrogen and oxygen atoms in total. The predicted octanol–water partition coefficient (Wildman–Crippen LogP) is 2.76. The summed E-state index contributed by atoms with van der Waals surface area (Å²) in [5, 5.41) is 2.79. The van der Waals surface area contributed by atoms with Crippen LogP contribution in [0.1, 0.15) is 27.2 Å². The van der Waals surface area contributed by atoms with Crippen molar-refractivity contribution in [3.8, 4) is 5.75 Å². The highest BCUT2D eigenvalue weighted by molar-refractivity contribution is 5.81. The Balaban J connectivity index is 2.62. The van der Waals surface area contributed by atoms with Crippen LogP contribution in [0.4, 0.5) is 4.39 Å². The summed E-state index contributed by atoms with van der Waals surface area (Å²) in [6.07, 6.45) is -0.154. The van der Waals surface area contributed by atoms with Crippen molar-refractivity contribution in [3.05, 3.63) is 30.1 Å². The Morgan fingerprint density at radius 1 is 1.39 bits per heavy atom. The molecular weight excluding hydrogens is 233 g/mol. The van der Waals surface area contributed by atoms with Crippen molar-refractivity contribution in [2.75, 3.05) is 6.54 Å². The van der Waals surface area contributed by atoms with E-state index in [9.17, 15) is 9.18 Å². The molecule has 1 aromatic carbocycles. The second-order valence-corrected chi connectivity index (χ2v) is 4.58. The molecule has 1 amide bonds. The van der Waals surface area contributed by atoms with Crippen LogP contribution in [0.3, 0.4) is 0 Å². The van der Waals surface area contributed by atoms with Crippen LogP contribution in [0.2, 0.25) is 0 Å². The standard InChI is InChI=1S/C14H20FNO2/c1-4-12(14(17)16-9-10(2)3)18-13-8-6-5-7-11(13)15/h5-8,10,12H,4,9H2,1-3H3,(H,16,17)/t12-/m0/s1. The number of amides is 1. The van der Waals surface area contributed by atoms with Crippen molar-refractivity contribution in [2.24, 2.45) is 5.92 Å². The number of carbonyl (C=O) groups excluding carboxylic acids is 1. The Labute approximate surface area is 107 Å². The quantitative estimate of drug-likeness (QED) is 0.846. The summed E-state index contributed by atoms with van der Waals surface area (Å²) in [4.78, 5) is 11.8. The summed E-state index contributed by atoms with van der Waals surface area (Å²) in [7, 11) is 0. The SMILES string of the molecule is CC[C@H](Oc1ccccc1F)C(=O)NCC(C)C. The van der Waals surface area contributed by atoms with E-state index >= 15 is 0 Å². The van der Waals surface area contributed by atoms with Gasteiger partial charge < -0.3 is 10.1 Å². The van der Waals surface area contributed by atoms with Crippen molar-refractivity contribution >= 4 is 5.91 Å². The monoisotopic (exact) mass is 253 g/mol. The van der Waals surface area contributed by atoms with E-state index in [1.165, 1.54) is 12.1 Å². The Hall–Kier alpha value is -1.58. The molecule has 4 heteroatoms. The third kappa shape index (κ3) is 4.35. The minimum atomic E-state index is -0.652. The maximum atomic E-state index is 13.4. The predicted molar refractivity (Wildman–Crippen MR) is 69.0 cm³/mol. The van der Waals surface area contributed by atoms with Crippen molar-refractivity contribution in [2.45, 2.75) is 33.3 Å². The highest BCUT2D eigenvalue weighted by Gasteiger charge is 2.19. The molecule has 1 N–H and O–H groups in total. The van der Waals surface area contributed by atoms with Crippen molar-refractivity contribution < 1.29 is 13.9 Å². The maximum Gasteiger partial charge on any atom is 0.261 e. The molecule has 0 fully saturated rings. The number of rotatable bonds is 6. The molecule has 0 bridgehead atoms. The molecular formula is C14H20FNO2. The first kappa shape index (κ1) is 14.5. The maximum absolute atomic E-state index is 13.4. The second-order valence-electron chi connectivity index (χ2n) is 4.58. The fourth-order valence-electron chi connectivity index (χ4n) is 1.43. The van der Waals surface area contributed by atoms with Gasteiger partial charge in [-0.2, -0.15) is 0 Å². The normalized spacial score (nSPS) is 12.3. The van der Waals surface area contributed by atoms with E-state index in [1.807, 2.05) is 20.8 Å². The Morgan fingerprint density at radius 2 is 2.06 bits per heavy atom. The van der Waals surface area contributed by atoms with Gasteiger partial charge in [-0.3, -0.25) is 4.79 Å². The van der Waals surface area contributed by atoms with Gasteiger partial charge >= 0.3 is 0 Å². The molecule has 100 valence electrons. The molecule has 1 rings (SSSR count). The first-order chi connectivity index (χ1) is 8.54. The summed E-state index contributed by atoms with van der Waals surface area (Å²) in [5.41, 5.74) is 0. The molecule has 0 aliphatic carbocycles. The third-order valence-electron chi connectivity index (χ3n) is 2.45. The molecule has 0 aromatic heterocycles. The highest BCUT2D eigenvalue weighted by atomic mass is 19.1. The summed E-state index contributed by atoms with van der Waals surface area (Å²) in [5.74, 6) is -0.161. The van der Waals surface area contributed by atoms with Gasteiger partial charge in [0.2, 0.25) is 0 Å². The van der Waals surface area contributed by atoms with E-state index in [1.54, 1.807) is 12.1 Å². The van der Waals surface area contributed by atoms with E-state index in [0.717, 1.165) is 0 Å². The lowest BCUT2D eigenvalue weighted by Gasteiger charge is -2.18. The third-order valence-corrected chi connectivity index (χ3v) is 2.45. The summed E-state index contributed by atoms with van der Waals surface area (Å²) < 4.78 is 18.8.